The van der Waals surface area contributed by atoms with Crippen molar-refractivity contribution in [2.24, 2.45) is 0 Å². The zero-order chi connectivity index (χ0) is 19.5. The van der Waals surface area contributed by atoms with Gasteiger partial charge in [-0.15, -0.1) is 0 Å². The molecule has 29 heavy (non-hydrogen) atoms. The average molecular weight is 410 g/mol. The summed E-state index contributed by atoms with van der Waals surface area (Å²) in [7, 11) is 0. The van der Waals surface area contributed by atoms with Crippen molar-refractivity contribution >= 4 is 34.0 Å². The molecule has 0 saturated heterocycles. The van der Waals surface area contributed by atoms with E-state index in [2.05, 4.69) is 15.3 Å². The standard InChI is InChI=1S/C22H17ClFN3O.CH4/c1-14-5-7-20-18(9-14)22(26-13-25-20)27-17-6-8-21(19(23)11-17)28-12-15-3-2-4-16(24)10-15;/h2-11,13H,12H2,1H3,(H,25,26,27);1H4. The van der Waals surface area contributed by atoms with E-state index in [9.17, 15) is 4.39 Å². The molecule has 4 aromatic rings. The molecule has 0 radical (unpaired) electrons. The van der Waals surface area contributed by atoms with Crippen molar-refractivity contribution in [3.63, 3.8) is 0 Å². The molecule has 0 atom stereocenters. The molecule has 1 N–H and O–H groups in total. The highest BCUT2D eigenvalue weighted by atomic mass is 35.5. The van der Waals surface area contributed by atoms with Crippen molar-refractivity contribution in [1.82, 2.24) is 9.97 Å². The second-order valence-electron chi connectivity index (χ2n) is 6.43. The molecule has 0 aliphatic carbocycles. The number of ether oxygens (including phenoxy) is 1. The minimum absolute atomic E-state index is 0. The lowest BCUT2D eigenvalue weighted by Gasteiger charge is -2.12. The van der Waals surface area contributed by atoms with E-state index in [-0.39, 0.29) is 19.9 Å². The SMILES string of the molecule is C.Cc1ccc2ncnc(Nc3ccc(OCc4cccc(F)c4)c(Cl)c3)c2c1. The highest BCUT2D eigenvalue weighted by molar-refractivity contribution is 6.32. The van der Waals surface area contributed by atoms with Crippen LogP contribution in [0.15, 0.2) is 67.0 Å². The summed E-state index contributed by atoms with van der Waals surface area (Å²) in [4.78, 5) is 8.64. The van der Waals surface area contributed by atoms with Gasteiger partial charge in [-0.3, -0.25) is 0 Å². The van der Waals surface area contributed by atoms with Gasteiger partial charge >= 0.3 is 0 Å². The molecule has 3 aromatic carbocycles. The molecule has 4 rings (SSSR count). The Morgan fingerprint density at radius 3 is 2.69 bits per heavy atom. The number of fused-ring (bicyclic) bond motifs is 1. The predicted octanol–water partition coefficient (Wildman–Crippen LogP) is 6.69. The first-order valence-electron chi connectivity index (χ1n) is 8.74. The maximum Gasteiger partial charge on any atom is 0.141 e. The topological polar surface area (TPSA) is 47.0 Å². The minimum atomic E-state index is -0.293. The Morgan fingerprint density at radius 1 is 1.03 bits per heavy atom. The number of aromatic nitrogens is 2. The zero-order valence-electron chi connectivity index (χ0n) is 15.1. The van der Waals surface area contributed by atoms with E-state index in [4.69, 9.17) is 16.3 Å². The van der Waals surface area contributed by atoms with E-state index >= 15 is 0 Å². The fourth-order valence-electron chi connectivity index (χ4n) is 2.89. The number of benzene rings is 3. The fraction of sp³-hybridized carbons (Fsp3) is 0.130. The van der Waals surface area contributed by atoms with Crippen molar-refractivity contribution in [3.05, 3.63) is 89.0 Å². The molecule has 0 unspecified atom stereocenters. The number of nitrogens with zero attached hydrogens (tertiary/aromatic N) is 2. The lowest BCUT2D eigenvalue weighted by atomic mass is 10.1. The molecule has 1 aromatic heterocycles. The van der Waals surface area contributed by atoms with E-state index in [0.29, 0.717) is 16.6 Å². The van der Waals surface area contributed by atoms with Gasteiger partial charge < -0.3 is 10.1 Å². The largest absolute Gasteiger partial charge is 0.487 e. The molecule has 4 nitrogen and oxygen atoms in total. The van der Waals surface area contributed by atoms with Gasteiger partial charge in [0.2, 0.25) is 0 Å². The number of rotatable bonds is 5. The Morgan fingerprint density at radius 2 is 1.90 bits per heavy atom. The molecule has 0 saturated carbocycles. The minimum Gasteiger partial charge on any atom is -0.487 e. The first-order chi connectivity index (χ1) is 13.6. The van der Waals surface area contributed by atoms with Crippen molar-refractivity contribution in [1.29, 1.82) is 0 Å². The zero-order valence-corrected chi connectivity index (χ0v) is 15.9. The maximum atomic E-state index is 13.3. The molecule has 0 fully saturated rings. The van der Waals surface area contributed by atoms with E-state index in [1.54, 1.807) is 24.3 Å². The van der Waals surface area contributed by atoms with E-state index < -0.39 is 0 Å². The molecular formula is C23H21ClFN3O. The Balaban J connectivity index is 0.00000240. The summed E-state index contributed by atoms with van der Waals surface area (Å²) >= 11 is 6.36. The highest BCUT2D eigenvalue weighted by Crippen LogP contribution is 2.31. The normalized spacial score (nSPS) is 10.4. The first kappa shape index (κ1) is 20.6. The van der Waals surface area contributed by atoms with Crippen LogP contribution < -0.4 is 10.1 Å². The third-order valence-electron chi connectivity index (χ3n) is 4.27. The van der Waals surface area contributed by atoms with Crippen LogP contribution in [0.25, 0.3) is 10.9 Å². The Kier molecular flexibility index (Phi) is 6.29. The number of halogens is 2. The second-order valence-corrected chi connectivity index (χ2v) is 6.84. The van der Waals surface area contributed by atoms with Crippen LogP contribution >= 0.6 is 11.6 Å². The smallest absolute Gasteiger partial charge is 0.141 e. The lowest BCUT2D eigenvalue weighted by Crippen LogP contribution is -1.98. The molecule has 0 aliphatic rings. The van der Waals surface area contributed by atoms with Gasteiger partial charge in [0, 0.05) is 11.1 Å². The summed E-state index contributed by atoms with van der Waals surface area (Å²) in [6.07, 6.45) is 1.53. The van der Waals surface area contributed by atoms with Crippen molar-refractivity contribution in [2.75, 3.05) is 5.32 Å². The average Bonchev–Trinajstić information content (AvgIpc) is 2.68. The van der Waals surface area contributed by atoms with Crippen LogP contribution in [-0.2, 0) is 6.61 Å². The van der Waals surface area contributed by atoms with Crippen LogP contribution in [-0.4, -0.2) is 9.97 Å². The number of anilines is 2. The van der Waals surface area contributed by atoms with Gasteiger partial charge in [0.25, 0.3) is 0 Å². The summed E-state index contributed by atoms with van der Waals surface area (Å²) in [5.74, 6) is 0.942. The Bertz CT molecular complexity index is 1150. The maximum absolute atomic E-state index is 13.3. The van der Waals surface area contributed by atoms with Gasteiger partial charge in [0.1, 0.15) is 30.3 Å². The summed E-state index contributed by atoms with van der Waals surface area (Å²) in [5.41, 5.74) is 3.51. The van der Waals surface area contributed by atoms with Crippen molar-refractivity contribution < 1.29 is 9.13 Å². The molecular weight excluding hydrogens is 389 g/mol. The van der Waals surface area contributed by atoms with Crippen LogP contribution in [0, 0.1) is 12.7 Å². The molecule has 6 heteroatoms. The monoisotopic (exact) mass is 409 g/mol. The molecule has 1 heterocycles. The Hall–Kier alpha value is -3.18. The lowest BCUT2D eigenvalue weighted by molar-refractivity contribution is 0.306. The summed E-state index contributed by atoms with van der Waals surface area (Å²) < 4.78 is 19.0. The number of nitrogens with one attached hydrogen (secondary N) is 1. The van der Waals surface area contributed by atoms with Crippen molar-refractivity contribution in [3.8, 4) is 5.75 Å². The summed E-state index contributed by atoms with van der Waals surface area (Å²) in [5, 5.41) is 4.67. The van der Waals surface area contributed by atoms with Crippen LogP contribution in [0.2, 0.25) is 5.02 Å². The van der Waals surface area contributed by atoms with E-state index in [0.717, 1.165) is 27.7 Å². The fourth-order valence-corrected chi connectivity index (χ4v) is 3.13. The molecule has 0 spiro atoms. The van der Waals surface area contributed by atoms with E-state index in [1.165, 1.54) is 18.5 Å². The third-order valence-corrected chi connectivity index (χ3v) is 4.56. The third kappa shape index (κ3) is 4.81. The molecule has 0 amide bonds. The Labute approximate surface area is 174 Å². The van der Waals surface area contributed by atoms with Crippen LogP contribution in [0.5, 0.6) is 5.75 Å². The second kappa shape index (κ2) is 8.88. The van der Waals surface area contributed by atoms with E-state index in [1.807, 2.05) is 31.2 Å². The number of hydrogen-bond acceptors (Lipinski definition) is 4. The number of aryl methyl sites for hydroxylation is 1. The van der Waals surface area contributed by atoms with Crippen LogP contribution in [0.3, 0.4) is 0 Å². The molecule has 0 aliphatic heterocycles. The molecule has 0 bridgehead atoms. The van der Waals surface area contributed by atoms with Gasteiger partial charge in [-0.05, 0) is 55.0 Å². The summed E-state index contributed by atoms with van der Waals surface area (Å²) in [6, 6.07) is 17.7. The van der Waals surface area contributed by atoms with Crippen molar-refractivity contribution in [2.45, 2.75) is 21.0 Å². The quantitative estimate of drug-likeness (QED) is 0.399. The predicted molar refractivity (Wildman–Crippen MR) is 116 cm³/mol. The van der Waals surface area contributed by atoms with Crippen LogP contribution in [0.1, 0.15) is 18.6 Å². The first-order valence-corrected chi connectivity index (χ1v) is 9.11. The number of hydrogen-bond donors (Lipinski definition) is 1. The highest BCUT2D eigenvalue weighted by Gasteiger charge is 2.08. The van der Waals surface area contributed by atoms with Gasteiger partial charge in [0.05, 0.1) is 10.5 Å². The van der Waals surface area contributed by atoms with Gasteiger partial charge in [-0.2, -0.15) is 0 Å². The summed E-state index contributed by atoms with van der Waals surface area (Å²) in [6.45, 7) is 2.26. The van der Waals surface area contributed by atoms with Gasteiger partial charge in [-0.1, -0.05) is 42.8 Å². The van der Waals surface area contributed by atoms with Crippen LogP contribution in [0.4, 0.5) is 15.9 Å². The van der Waals surface area contributed by atoms with Gasteiger partial charge in [-0.25, -0.2) is 14.4 Å². The van der Waals surface area contributed by atoms with Gasteiger partial charge in [0.15, 0.2) is 0 Å². The molecule has 148 valence electrons.